The van der Waals surface area contributed by atoms with Crippen molar-refractivity contribution in [2.24, 2.45) is 0 Å². The zero-order chi connectivity index (χ0) is 19.9. The van der Waals surface area contributed by atoms with Crippen LogP contribution in [0.3, 0.4) is 0 Å². The van der Waals surface area contributed by atoms with Gasteiger partial charge in [0.2, 0.25) is 0 Å². The number of rotatable bonds is 3. The zero-order valence-electron chi connectivity index (χ0n) is 16.1. The molecular formula is C21H26O4S. The van der Waals surface area contributed by atoms with Crippen LogP contribution in [0.1, 0.15) is 68.6 Å². The number of hydrogen-bond donors (Lipinski definition) is 1. The number of carbonyl (C=O) groups is 1. The number of benzene rings is 2. The third kappa shape index (κ3) is 4.40. The van der Waals surface area contributed by atoms with Gasteiger partial charge in [0.05, 0.1) is 4.90 Å². The van der Waals surface area contributed by atoms with E-state index in [0.29, 0.717) is 5.56 Å². The van der Waals surface area contributed by atoms with Crippen LogP contribution in [0.15, 0.2) is 47.4 Å². The van der Waals surface area contributed by atoms with Gasteiger partial charge < -0.3 is 0 Å². The van der Waals surface area contributed by atoms with E-state index in [2.05, 4.69) is 20.8 Å². The first-order valence-corrected chi connectivity index (χ1v) is 9.92. The smallest absolute Gasteiger partial charge is 0.289 e. The molecule has 0 aromatic heterocycles. The zero-order valence-corrected chi connectivity index (χ0v) is 16.9. The molecule has 5 heteroatoms. The van der Waals surface area contributed by atoms with Crippen molar-refractivity contribution in [3.63, 3.8) is 0 Å². The summed E-state index contributed by atoms with van der Waals surface area (Å²) in [7, 11) is -4.36. The predicted octanol–water partition coefficient (Wildman–Crippen LogP) is 4.76. The summed E-state index contributed by atoms with van der Waals surface area (Å²) in [5.41, 5.74) is 2.34. The van der Waals surface area contributed by atoms with Crippen molar-refractivity contribution in [3.8, 4) is 0 Å². The third-order valence-corrected chi connectivity index (χ3v) is 5.18. The fourth-order valence-electron chi connectivity index (χ4n) is 2.81. The predicted molar refractivity (Wildman–Crippen MR) is 104 cm³/mol. The van der Waals surface area contributed by atoms with Crippen LogP contribution in [0.25, 0.3) is 0 Å². The number of hydrogen-bond acceptors (Lipinski definition) is 3. The second-order valence-corrected chi connectivity index (χ2v) is 10.0. The lowest BCUT2D eigenvalue weighted by Gasteiger charge is -2.26. The molecule has 0 bridgehead atoms. The largest absolute Gasteiger partial charge is 0.294 e. The molecule has 2 aromatic rings. The third-order valence-electron chi connectivity index (χ3n) is 4.33. The lowest BCUT2D eigenvalue weighted by Crippen LogP contribution is -2.20. The highest BCUT2D eigenvalue weighted by Crippen LogP contribution is 2.32. The SMILES string of the molecule is CC(C)(C)c1ccc(C(C)(C)C)c(C(=O)c2cccc(S(=O)(=O)O)c2)c1. The summed E-state index contributed by atoms with van der Waals surface area (Å²) in [4.78, 5) is 12.9. The fraction of sp³-hybridized carbons (Fsp3) is 0.381. The van der Waals surface area contributed by atoms with E-state index >= 15 is 0 Å². The summed E-state index contributed by atoms with van der Waals surface area (Å²) >= 11 is 0. The van der Waals surface area contributed by atoms with E-state index in [1.54, 1.807) is 6.07 Å². The number of carbonyl (C=O) groups excluding carboxylic acids is 1. The summed E-state index contributed by atoms with van der Waals surface area (Å²) in [5, 5.41) is 0. The lowest BCUT2D eigenvalue weighted by molar-refractivity contribution is 0.103. The topological polar surface area (TPSA) is 71.4 Å². The van der Waals surface area contributed by atoms with Crippen LogP contribution in [-0.2, 0) is 20.9 Å². The van der Waals surface area contributed by atoms with Gasteiger partial charge in [-0.3, -0.25) is 9.35 Å². The molecule has 140 valence electrons. The van der Waals surface area contributed by atoms with Gasteiger partial charge in [-0.2, -0.15) is 8.42 Å². The Morgan fingerprint density at radius 2 is 1.50 bits per heavy atom. The van der Waals surface area contributed by atoms with E-state index in [9.17, 15) is 17.8 Å². The van der Waals surface area contributed by atoms with E-state index in [-0.39, 0.29) is 27.1 Å². The highest BCUT2D eigenvalue weighted by Gasteiger charge is 2.25. The molecule has 2 rings (SSSR count). The van der Waals surface area contributed by atoms with Crippen molar-refractivity contribution in [2.45, 2.75) is 57.3 Å². The maximum Gasteiger partial charge on any atom is 0.294 e. The van der Waals surface area contributed by atoms with Crippen LogP contribution in [-0.4, -0.2) is 18.8 Å². The molecule has 1 N–H and O–H groups in total. The Morgan fingerprint density at radius 3 is 2.00 bits per heavy atom. The highest BCUT2D eigenvalue weighted by molar-refractivity contribution is 7.85. The van der Waals surface area contributed by atoms with Crippen molar-refractivity contribution in [3.05, 3.63) is 64.7 Å². The standard InChI is InChI=1S/C21H26O4S/c1-20(2,3)15-10-11-18(21(4,5)6)17(13-15)19(22)14-8-7-9-16(12-14)26(23,24)25/h7-13H,1-6H3,(H,23,24,25). The summed E-state index contributed by atoms with van der Waals surface area (Å²) in [6.07, 6.45) is 0. The monoisotopic (exact) mass is 374 g/mol. The van der Waals surface area contributed by atoms with Gasteiger partial charge >= 0.3 is 0 Å². The summed E-state index contributed by atoms with van der Waals surface area (Å²) in [6, 6.07) is 11.4. The molecule has 0 amide bonds. The Labute approximate surface area is 156 Å². The Balaban J connectivity index is 2.68. The van der Waals surface area contributed by atoms with E-state index in [1.165, 1.54) is 18.2 Å². The van der Waals surface area contributed by atoms with Crippen LogP contribution < -0.4 is 0 Å². The minimum Gasteiger partial charge on any atom is -0.289 e. The van der Waals surface area contributed by atoms with Gasteiger partial charge in [0.25, 0.3) is 10.1 Å². The first-order valence-electron chi connectivity index (χ1n) is 8.48. The quantitative estimate of drug-likeness (QED) is 0.621. The average Bonchev–Trinajstić information content (AvgIpc) is 2.51. The van der Waals surface area contributed by atoms with Crippen LogP contribution >= 0.6 is 0 Å². The molecule has 4 nitrogen and oxygen atoms in total. The van der Waals surface area contributed by atoms with Crippen LogP contribution in [0, 0.1) is 0 Å². The van der Waals surface area contributed by atoms with E-state index < -0.39 is 10.1 Å². The van der Waals surface area contributed by atoms with E-state index in [4.69, 9.17) is 0 Å². The molecule has 0 aliphatic heterocycles. The molecule has 26 heavy (non-hydrogen) atoms. The second kappa shape index (κ2) is 6.63. The molecule has 0 aliphatic rings. The van der Waals surface area contributed by atoms with Crippen molar-refractivity contribution in [2.75, 3.05) is 0 Å². The Morgan fingerprint density at radius 1 is 0.885 bits per heavy atom. The summed E-state index contributed by atoms with van der Waals surface area (Å²) in [6.45, 7) is 12.3. The van der Waals surface area contributed by atoms with Crippen molar-refractivity contribution in [1.29, 1.82) is 0 Å². The fourth-order valence-corrected chi connectivity index (χ4v) is 3.33. The van der Waals surface area contributed by atoms with E-state index in [0.717, 1.165) is 11.1 Å². The van der Waals surface area contributed by atoms with Gasteiger partial charge in [-0.05, 0) is 40.2 Å². The Kier molecular flexibility index (Phi) is 5.19. The van der Waals surface area contributed by atoms with Crippen LogP contribution in [0.2, 0.25) is 0 Å². The van der Waals surface area contributed by atoms with Crippen LogP contribution in [0.5, 0.6) is 0 Å². The summed E-state index contributed by atoms with van der Waals surface area (Å²) in [5.74, 6) is -0.258. The van der Waals surface area contributed by atoms with Gasteiger partial charge in [0, 0.05) is 11.1 Å². The molecule has 0 spiro atoms. The maximum atomic E-state index is 13.2. The lowest BCUT2D eigenvalue weighted by atomic mass is 9.78. The second-order valence-electron chi connectivity index (χ2n) is 8.59. The van der Waals surface area contributed by atoms with Crippen LogP contribution in [0.4, 0.5) is 0 Å². The molecule has 0 radical (unpaired) electrons. The molecule has 0 saturated carbocycles. The van der Waals surface area contributed by atoms with Crippen molar-refractivity contribution < 1.29 is 17.8 Å². The average molecular weight is 375 g/mol. The molecule has 0 aliphatic carbocycles. The molecule has 0 heterocycles. The van der Waals surface area contributed by atoms with E-state index in [1.807, 2.05) is 39.0 Å². The van der Waals surface area contributed by atoms with Gasteiger partial charge in [0.1, 0.15) is 0 Å². The molecule has 0 saturated heterocycles. The van der Waals surface area contributed by atoms with Gasteiger partial charge in [-0.25, -0.2) is 0 Å². The Hall–Kier alpha value is -1.98. The maximum absolute atomic E-state index is 13.2. The van der Waals surface area contributed by atoms with Gasteiger partial charge in [-0.15, -0.1) is 0 Å². The minimum absolute atomic E-state index is 0.123. The van der Waals surface area contributed by atoms with Gasteiger partial charge in [0.15, 0.2) is 5.78 Å². The van der Waals surface area contributed by atoms with Crippen molar-refractivity contribution in [1.82, 2.24) is 0 Å². The Bertz CT molecular complexity index is 943. The van der Waals surface area contributed by atoms with Crippen molar-refractivity contribution >= 4 is 15.9 Å². The minimum atomic E-state index is -4.36. The molecule has 0 unspecified atom stereocenters. The first-order chi connectivity index (χ1) is 11.7. The molecule has 2 aromatic carbocycles. The normalized spacial score (nSPS) is 12.9. The molecule has 0 fully saturated rings. The molecular weight excluding hydrogens is 348 g/mol. The molecule has 0 atom stereocenters. The number of ketones is 1. The van der Waals surface area contributed by atoms with Gasteiger partial charge in [-0.1, -0.05) is 65.8 Å². The first kappa shape index (κ1) is 20.3. The highest BCUT2D eigenvalue weighted by atomic mass is 32.2. The summed E-state index contributed by atoms with van der Waals surface area (Å²) < 4.78 is 32.1.